The van der Waals surface area contributed by atoms with E-state index in [2.05, 4.69) is 4.98 Å². The maximum Gasteiger partial charge on any atom is 0.260 e. The van der Waals surface area contributed by atoms with Crippen LogP contribution in [0.1, 0.15) is 71.6 Å². The standard InChI is InChI=1S/C30H20INO9/c1-3-4-5-6-11-9-13-16(29(40)32-11)26(37)21-12(22(13)31)7-8-30(21)27(38)19-20(28(30)39)25(36)18-17(24(19)35)14(33)10-15(41-2)23(18)34/h3-6,9-10,35-37H,7-8H2,1-2H3,(H,32,40)/b4-3+,6-5+/t30-/m0/s1. The minimum Gasteiger partial charge on any atom is -0.507 e. The minimum absolute atomic E-state index is 0.0894. The molecular weight excluding hydrogens is 645 g/mol. The van der Waals surface area contributed by atoms with Crippen molar-refractivity contribution in [3.05, 3.63) is 89.1 Å². The molecule has 1 spiro atoms. The van der Waals surface area contributed by atoms with Gasteiger partial charge in [0.25, 0.3) is 5.56 Å². The number of phenolic OH excluding ortho intramolecular Hbond substituents is 3. The van der Waals surface area contributed by atoms with E-state index in [0.29, 0.717) is 20.2 Å². The van der Waals surface area contributed by atoms with E-state index < -0.39 is 79.4 Å². The highest BCUT2D eigenvalue weighted by molar-refractivity contribution is 14.1. The number of fused-ring (bicyclic) bond motifs is 5. The van der Waals surface area contributed by atoms with Crippen LogP contribution in [0.15, 0.2) is 40.9 Å². The van der Waals surface area contributed by atoms with Gasteiger partial charge in [0, 0.05) is 26.3 Å². The topological polar surface area (TPSA) is 171 Å². The lowest BCUT2D eigenvalue weighted by Gasteiger charge is -2.23. The van der Waals surface area contributed by atoms with Gasteiger partial charge in [-0.05, 0) is 60.1 Å². The van der Waals surface area contributed by atoms with E-state index in [0.717, 1.165) is 13.2 Å². The largest absolute Gasteiger partial charge is 0.507 e. The molecule has 1 heterocycles. The molecule has 4 N–H and O–H groups in total. The summed E-state index contributed by atoms with van der Waals surface area (Å²) in [4.78, 5) is 69.9. The average Bonchev–Trinajstić information content (AvgIpc) is 3.45. The third-order valence-electron chi connectivity index (χ3n) is 7.94. The van der Waals surface area contributed by atoms with E-state index in [1.807, 2.05) is 35.6 Å². The first-order valence-corrected chi connectivity index (χ1v) is 13.5. The highest BCUT2D eigenvalue weighted by atomic mass is 127. The van der Waals surface area contributed by atoms with Gasteiger partial charge < -0.3 is 25.0 Å². The van der Waals surface area contributed by atoms with Gasteiger partial charge in [0.15, 0.2) is 23.1 Å². The Morgan fingerprint density at radius 1 is 0.951 bits per heavy atom. The molecule has 0 saturated heterocycles. The smallest absolute Gasteiger partial charge is 0.260 e. The van der Waals surface area contributed by atoms with Crippen LogP contribution < -0.4 is 5.56 Å². The summed E-state index contributed by atoms with van der Waals surface area (Å²) in [6.45, 7) is 1.84. The molecule has 11 heteroatoms. The Bertz CT molecular complexity index is 1980. The lowest BCUT2D eigenvalue weighted by molar-refractivity contribution is 0.0790. The van der Waals surface area contributed by atoms with Crippen molar-refractivity contribution in [1.82, 2.24) is 4.98 Å². The van der Waals surface area contributed by atoms with Crippen LogP contribution in [0.3, 0.4) is 0 Å². The molecule has 3 aliphatic carbocycles. The average molecular weight is 665 g/mol. The van der Waals surface area contributed by atoms with E-state index >= 15 is 0 Å². The predicted octanol–water partition coefficient (Wildman–Crippen LogP) is 4.01. The number of aromatic amines is 1. The first-order valence-electron chi connectivity index (χ1n) is 12.5. The summed E-state index contributed by atoms with van der Waals surface area (Å²) >= 11 is 2.01. The normalized spacial score (nSPS) is 19.5. The third-order valence-corrected chi connectivity index (χ3v) is 9.18. The Labute approximate surface area is 244 Å². The zero-order valence-electron chi connectivity index (χ0n) is 21.5. The number of ether oxygens (including phenoxy) is 1. The number of carbonyl (C=O) groups excluding carboxylic acids is 4. The molecule has 2 aromatic carbocycles. The van der Waals surface area contributed by atoms with Gasteiger partial charge in [-0.1, -0.05) is 18.2 Å². The molecule has 0 aliphatic heterocycles. The Balaban J connectivity index is 1.62. The van der Waals surface area contributed by atoms with Crippen molar-refractivity contribution in [2.24, 2.45) is 0 Å². The third kappa shape index (κ3) is 3.26. The molecular formula is C30H20INO9. The highest BCUT2D eigenvalue weighted by Crippen LogP contribution is 2.58. The summed E-state index contributed by atoms with van der Waals surface area (Å²) in [5.41, 5.74) is -4.36. The van der Waals surface area contributed by atoms with Crippen LogP contribution in [0.25, 0.3) is 16.8 Å². The Morgan fingerprint density at radius 2 is 1.61 bits per heavy atom. The van der Waals surface area contributed by atoms with Crippen molar-refractivity contribution < 1.29 is 39.2 Å². The molecule has 206 valence electrons. The van der Waals surface area contributed by atoms with E-state index in [9.17, 15) is 39.3 Å². The molecule has 6 rings (SSSR count). The fourth-order valence-corrected chi connectivity index (χ4v) is 7.13. The number of nitrogens with one attached hydrogen (secondary N) is 1. The van der Waals surface area contributed by atoms with Crippen molar-refractivity contribution >= 4 is 62.6 Å². The quantitative estimate of drug-likeness (QED) is 0.140. The van der Waals surface area contributed by atoms with Gasteiger partial charge in [-0.3, -0.25) is 24.0 Å². The number of H-pyrrole nitrogens is 1. The number of benzene rings is 2. The van der Waals surface area contributed by atoms with E-state index in [1.54, 1.807) is 24.3 Å². The lowest BCUT2D eigenvalue weighted by Crippen LogP contribution is -2.36. The van der Waals surface area contributed by atoms with Gasteiger partial charge in [0.1, 0.15) is 22.7 Å². The molecule has 1 aromatic heterocycles. The summed E-state index contributed by atoms with van der Waals surface area (Å²) in [7, 11) is 1.14. The first-order chi connectivity index (χ1) is 19.5. The first kappa shape index (κ1) is 26.7. The molecule has 0 radical (unpaired) electrons. The summed E-state index contributed by atoms with van der Waals surface area (Å²) in [5, 5.41) is 34.1. The fraction of sp³-hybridized carbons (Fsp3) is 0.167. The zero-order valence-corrected chi connectivity index (χ0v) is 23.7. The molecule has 3 aliphatic rings. The number of Topliss-reactive ketones (excluding diaryl/α,β-unsaturated/α-hetero) is 3. The second kappa shape index (κ2) is 8.99. The molecule has 0 saturated carbocycles. The van der Waals surface area contributed by atoms with Crippen LogP contribution in [0.5, 0.6) is 17.2 Å². The molecule has 0 bridgehead atoms. The van der Waals surface area contributed by atoms with Crippen LogP contribution in [0.2, 0.25) is 0 Å². The van der Waals surface area contributed by atoms with Crippen molar-refractivity contribution in [3.8, 4) is 17.2 Å². The Kier molecular flexibility index (Phi) is 5.86. The van der Waals surface area contributed by atoms with E-state index in [-0.39, 0.29) is 23.8 Å². The summed E-state index contributed by atoms with van der Waals surface area (Å²) in [6.07, 6.45) is 7.87. The molecule has 0 amide bonds. The predicted molar refractivity (Wildman–Crippen MR) is 155 cm³/mol. The number of rotatable bonds is 3. The second-order valence-corrected chi connectivity index (χ2v) is 11.0. The van der Waals surface area contributed by atoms with Crippen LogP contribution in [-0.4, -0.2) is 50.5 Å². The number of aromatic hydroxyl groups is 3. The number of phenols is 3. The molecule has 10 nitrogen and oxygen atoms in total. The molecule has 3 aromatic rings. The maximum atomic E-state index is 14.1. The zero-order chi connectivity index (χ0) is 29.5. The van der Waals surface area contributed by atoms with Gasteiger partial charge >= 0.3 is 0 Å². The monoisotopic (exact) mass is 665 g/mol. The second-order valence-electron chi connectivity index (χ2n) is 9.91. The van der Waals surface area contributed by atoms with Gasteiger partial charge in [-0.25, -0.2) is 0 Å². The van der Waals surface area contributed by atoms with Crippen molar-refractivity contribution in [3.63, 3.8) is 0 Å². The number of ketones is 4. The van der Waals surface area contributed by atoms with E-state index in [1.165, 1.54) is 0 Å². The Morgan fingerprint density at radius 3 is 2.24 bits per heavy atom. The van der Waals surface area contributed by atoms with Crippen molar-refractivity contribution in [2.75, 3.05) is 7.11 Å². The molecule has 41 heavy (non-hydrogen) atoms. The lowest BCUT2D eigenvalue weighted by atomic mass is 9.76. The summed E-state index contributed by atoms with van der Waals surface area (Å²) < 4.78 is 5.47. The number of pyridine rings is 1. The van der Waals surface area contributed by atoms with Crippen LogP contribution in [0.4, 0.5) is 0 Å². The van der Waals surface area contributed by atoms with Gasteiger partial charge in [0.05, 0.1) is 34.7 Å². The molecule has 0 fully saturated rings. The highest BCUT2D eigenvalue weighted by Gasteiger charge is 2.62. The minimum atomic E-state index is -2.09. The SMILES string of the molecule is C/C=C/C=C/c1cc2c(I)c3c(c(O)c2c(=O)[nH]1)[C@@]1(CC3)C(=O)c2c(O)c3c(c(O)c2C1=O)C(=O)C(OC)=CC3=O. The summed E-state index contributed by atoms with van der Waals surface area (Å²) in [6, 6.07) is 1.68. The van der Waals surface area contributed by atoms with Crippen molar-refractivity contribution in [2.45, 2.75) is 25.2 Å². The fourth-order valence-electron chi connectivity index (χ4n) is 6.16. The Hall–Kier alpha value is -4.52. The molecule has 1 atom stereocenters. The van der Waals surface area contributed by atoms with Crippen LogP contribution in [0, 0.1) is 3.57 Å². The number of allylic oxidation sites excluding steroid dienone is 5. The number of aromatic nitrogens is 1. The van der Waals surface area contributed by atoms with E-state index in [4.69, 9.17) is 4.74 Å². The number of carbonyl (C=O) groups is 4. The van der Waals surface area contributed by atoms with Crippen LogP contribution >= 0.6 is 22.6 Å². The van der Waals surface area contributed by atoms with Crippen molar-refractivity contribution in [1.29, 1.82) is 0 Å². The van der Waals surface area contributed by atoms with Crippen LogP contribution in [-0.2, 0) is 16.6 Å². The summed E-state index contributed by atoms with van der Waals surface area (Å²) in [5.74, 6) is -6.54. The van der Waals surface area contributed by atoms with Gasteiger partial charge in [0.2, 0.25) is 5.78 Å². The van der Waals surface area contributed by atoms with Gasteiger partial charge in [-0.2, -0.15) is 0 Å². The maximum absolute atomic E-state index is 14.1. The molecule has 0 unspecified atom stereocenters. The van der Waals surface area contributed by atoms with Gasteiger partial charge in [-0.15, -0.1) is 0 Å². The number of halogens is 1. The number of hydrogen-bond donors (Lipinski definition) is 4. The number of methoxy groups -OCH3 is 1. The number of hydrogen-bond acceptors (Lipinski definition) is 9.